The molecule has 0 saturated carbocycles. The van der Waals surface area contributed by atoms with Crippen LogP contribution in [0.4, 0.5) is 5.82 Å². The molecule has 3 heteroatoms. The van der Waals surface area contributed by atoms with Crippen LogP contribution < -0.4 is 10.6 Å². The highest BCUT2D eigenvalue weighted by Gasteiger charge is 2.05. The summed E-state index contributed by atoms with van der Waals surface area (Å²) in [4.78, 5) is 6.71. The van der Waals surface area contributed by atoms with Crippen LogP contribution in [0.2, 0.25) is 0 Å². The molecule has 0 spiro atoms. The predicted octanol–water partition coefficient (Wildman–Crippen LogP) is 1.94. The average molecular weight is 215 g/mol. The first-order valence-corrected chi connectivity index (χ1v) is 5.50. The number of rotatable bonds is 3. The van der Waals surface area contributed by atoms with E-state index in [-0.39, 0.29) is 0 Å². The zero-order valence-corrected chi connectivity index (χ0v) is 9.77. The second kappa shape index (κ2) is 4.49. The van der Waals surface area contributed by atoms with Gasteiger partial charge < -0.3 is 10.6 Å². The van der Waals surface area contributed by atoms with Crippen LogP contribution in [0.3, 0.4) is 0 Å². The van der Waals surface area contributed by atoms with Crippen molar-refractivity contribution in [2.45, 2.75) is 6.92 Å². The molecule has 1 aromatic carbocycles. The number of nitrogens with zero attached hydrogens (tertiary/aromatic N) is 2. The summed E-state index contributed by atoms with van der Waals surface area (Å²) in [5.74, 6) is 0.988. The summed E-state index contributed by atoms with van der Waals surface area (Å²) in [5.41, 5.74) is 7.85. The molecule has 0 aliphatic heterocycles. The van der Waals surface area contributed by atoms with Crippen molar-refractivity contribution in [2.24, 2.45) is 5.73 Å². The molecule has 1 aromatic heterocycles. The Morgan fingerprint density at radius 3 is 2.81 bits per heavy atom. The topological polar surface area (TPSA) is 42.1 Å². The Labute approximate surface area is 95.9 Å². The van der Waals surface area contributed by atoms with Gasteiger partial charge in [0.15, 0.2) is 0 Å². The number of hydrogen-bond acceptors (Lipinski definition) is 3. The Hall–Kier alpha value is -1.61. The van der Waals surface area contributed by atoms with Crippen LogP contribution in [0.5, 0.6) is 0 Å². The van der Waals surface area contributed by atoms with E-state index in [4.69, 9.17) is 5.73 Å². The smallest absolute Gasteiger partial charge is 0.129 e. The van der Waals surface area contributed by atoms with E-state index >= 15 is 0 Å². The van der Waals surface area contributed by atoms with E-state index in [1.165, 1.54) is 10.9 Å². The van der Waals surface area contributed by atoms with E-state index in [1.807, 2.05) is 25.2 Å². The van der Waals surface area contributed by atoms with Crippen LogP contribution in [0, 0.1) is 6.92 Å². The summed E-state index contributed by atoms with van der Waals surface area (Å²) in [5, 5.41) is 1.22. The Balaban J connectivity index is 2.49. The second-order valence-electron chi connectivity index (χ2n) is 4.02. The quantitative estimate of drug-likeness (QED) is 0.850. The number of para-hydroxylation sites is 1. The molecule has 3 nitrogen and oxygen atoms in total. The molecule has 84 valence electrons. The highest BCUT2D eigenvalue weighted by atomic mass is 15.2. The van der Waals surface area contributed by atoms with E-state index in [9.17, 15) is 0 Å². The number of pyridine rings is 1. The van der Waals surface area contributed by atoms with Crippen LogP contribution in [-0.4, -0.2) is 25.1 Å². The summed E-state index contributed by atoms with van der Waals surface area (Å²) in [6.07, 6.45) is 0. The highest BCUT2D eigenvalue weighted by molar-refractivity contribution is 5.83. The van der Waals surface area contributed by atoms with Gasteiger partial charge in [-0.25, -0.2) is 4.98 Å². The van der Waals surface area contributed by atoms with Gasteiger partial charge in [0.25, 0.3) is 0 Å². The van der Waals surface area contributed by atoms with Gasteiger partial charge in [-0.15, -0.1) is 0 Å². The SMILES string of the molecule is Cc1cc(N(C)CCN)nc2ccccc12. The molecule has 2 rings (SSSR count). The van der Waals surface area contributed by atoms with Crippen LogP contribution in [-0.2, 0) is 0 Å². The van der Waals surface area contributed by atoms with Crippen molar-refractivity contribution in [3.8, 4) is 0 Å². The second-order valence-corrected chi connectivity index (χ2v) is 4.02. The Bertz CT molecular complexity index is 494. The van der Waals surface area contributed by atoms with E-state index in [0.717, 1.165) is 17.9 Å². The standard InChI is InChI=1S/C13H17N3/c1-10-9-13(16(2)8-7-14)15-12-6-4-3-5-11(10)12/h3-6,9H,7-8,14H2,1-2H3. The van der Waals surface area contributed by atoms with Gasteiger partial charge in [0.1, 0.15) is 5.82 Å². The number of benzene rings is 1. The van der Waals surface area contributed by atoms with Crippen molar-refractivity contribution in [1.29, 1.82) is 0 Å². The first-order valence-electron chi connectivity index (χ1n) is 5.50. The third kappa shape index (κ3) is 1.99. The minimum Gasteiger partial charge on any atom is -0.358 e. The van der Waals surface area contributed by atoms with Crippen molar-refractivity contribution in [3.05, 3.63) is 35.9 Å². The summed E-state index contributed by atoms with van der Waals surface area (Å²) in [6.45, 7) is 3.58. The van der Waals surface area contributed by atoms with Gasteiger partial charge in [-0.1, -0.05) is 18.2 Å². The van der Waals surface area contributed by atoms with Gasteiger partial charge in [0.05, 0.1) is 5.52 Å². The predicted molar refractivity (Wildman–Crippen MR) is 68.8 cm³/mol. The van der Waals surface area contributed by atoms with Gasteiger partial charge in [0, 0.05) is 25.5 Å². The zero-order valence-electron chi connectivity index (χ0n) is 9.77. The van der Waals surface area contributed by atoms with E-state index in [1.54, 1.807) is 0 Å². The lowest BCUT2D eigenvalue weighted by Crippen LogP contribution is -2.25. The van der Waals surface area contributed by atoms with Gasteiger partial charge in [0.2, 0.25) is 0 Å². The molecule has 0 unspecified atom stereocenters. The molecule has 0 saturated heterocycles. The van der Waals surface area contributed by atoms with Gasteiger partial charge >= 0.3 is 0 Å². The molecular formula is C13H17N3. The maximum absolute atomic E-state index is 5.55. The fourth-order valence-corrected chi connectivity index (χ4v) is 1.84. The van der Waals surface area contributed by atoms with Crippen molar-refractivity contribution in [3.63, 3.8) is 0 Å². The van der Waals surface area contributed by atoms with E-state index in [2.05, 4.69) is 28.9 Å². The largest absolute Gasteiger partial charge is 0.358 e. The first-order chi connectivity index (χ1) is 7.72. The van der Waals surface area contributed by atoms with Crippen LogP contribution in [0.15, 0.2) is 30.3 Å². The molecule has 0 fully saturated rings. The molecule has 0 radical (unpaired) electrons. The molecule has 0 amide bonds. The first kappa shape index (κ1) is 10.9. The molecule has 1 heterocycles. The van der Waals surface area contributed by atoms with Gasteiger partial charge in [-0.3, -0.25) is 0 Å². The third-order valence-corrected chi connectivity index (χ3v) is 2.77. The Morgan fingerprint density at radius 2 is 2.06 bits per heavy atom. The lowest BCUT2D eigenvalue weighted by molar-refractivity contribution is 0.871. The molecule has 0 atom stereocenters. The van der Waals surface area contributed by atoms with Crippen molar-refractivity contribution < 1.29 is 0 Å². The summed E-state index contributed by atoms with van der Waals surface area (Å²) >= 11 is 0. The normalized spacial score (nSPS) is 10.7. The van der Waals surface area contributed by atoms with Crippen LogP contribution in [0.1, 0.15) is 5.56 Å². The number of aryl methyl sites for hydroxylation is 1. The molecule has 2 aromatic rings. The number of nitrogens with two attached hydrogens (primary N) is 1. The summed E-state index contributed by atoms with van der Waals surface area (Å²) < 4.78 is 0. The highest BCUT2D eigenvalue weighted by Crippen LogP contribution is 2.21. The van der Waals surface area contributed by atoms with Crippen molar-refractivity contribution in [1.82, 2.24) is 4.98 Å². The van der Waals surface area contributed by atoms with Gasteiger partial charge in [-0.05, 0) is 24.6 Å². The fraction of sp³-hybridized carbons (Fsp3) is 0.308. The minimum atomic E-state index is 0.643. The summed E-state index contributed by atoms with van der Waals surface area (Å²) in [6, 6.07) is 10.3. The number of fused-ring (bicyclic) bond motifs is 1. The average Bonchev–Trinajstić information content (AvgIpc) is 2.29. The maximum Gasteiger partial charge on any atom is 0.129 e. The van der Waals surface area contributed by atoms with Crippen molar-refractivity contribution in [2.75, 3.05) is 25.0 Å². The van der Waals surface area contributed by atoms with Gasteiger partial charge in [-0.2, -0.15) is 0 Å². The minimum absolute atomic E-state index is 0.643. The monoisotopic (exact) mass is 215 g/mol. The van der Waals surface area contributed by atoms with Crippen LogP contribution in [0.25, 0.3) is 10.9 Å². The van der Waals surface area contributed by atoms with Crippen LogP contribution >= 0.6 is 0 Å². The Morgan fingerprint density at radius 1 is 1.31 bits per heavy atom. The molecule has 0 bridgehead atoms. The third-order valence-electron chi connectivity index (χ3n) is 2.77. The zero-order chi connectivity index (χ0) is 11.5. The molecule has 16 heavy (non-hydrogen) atoms. The lowest BCUT2D eigenvalue weighted by atomic mass is 10.1. The molecule has 0 aliphatic carbocycles. The Kier molecular flexibility index (Phi) is 3.06. The molecular weight excluding hydrogens is 198 g/mol. The number of anilines is 1. The molecule has 0 aliphatic rings. The number of hydrogen-bond donors (Lipinski definition) is 1. The van der Waals surface area contributed by atoms with Crippen molar-refractivity contribution >= 4 is 16.7 Å². The lowest BCUT2D eigenvalue weighted by Gasteiger charge is -2.18. The van der Waals surface area contributed by atoms with E-state index < -0.39 is 0 Å². The molecule has 2 N–H and O–H groups in total. The fourth-order valence-electron chi connectivity index (χ4n) is 1.84. The maximum atomic E-state index is 5.55. The number of likely N-dealkylation sites (N-methyl/N-ethyl adjacent to an activating group) is 1. The summed E-state index contributed by atoms with van der Waals surface area (Å²) in [7, 11) is 2.02. The van der Waals surface area contributed by atoms with E-state index in [0.29, 0.717) is 6.54 Å². The number of aromatic nitrogens is 1.